The van der Waals surface area contributed by atoms with E-state index in [0.717, 1.165) is 24.3 Å². The predicted molar refractivity (Wildman–Crippen MR) is 166 cm³/mol. The highest BCUT2D eigenvalue weighted by Gasteiger charge is 2.22. The molecule has 0 bridgehead atoms. The highest BCUT2D eigenvalue weighted by Crippen LogP contribution is 2.39. The topological polar surface area (TPSA) is 298 Å². The number of aromatic nitrogens is 3. The lowest BCUT2D eigenvalue weighted by molar-refractivity contribution is -0.432. The first-order chi connectivity index (χ1) is 22.2. The molecule has 1 aromatic heterocycles. The van der Waals surface area contributed by atoms with Gasteiger partial charge in [0.05, 0.1) is 40.2 Å². The van der Waals surface area contributed by atoms with Gasteiger partial charge in [-0.25, -0.2) is 19.0 Å². The summed E-state index contributed by atoms with van der Waals surface area (Å²) in [7, 11) is -8.51. The number of hydrogen-bond acceptors (Lipinski definition) is 17. The van der Waals surface area contributed by atoms with E-state index in [1.807, 2.05) is 0 Å². The molecule has 24 heteroatoms. The lowest BCUT2D eigenvalue weighted by Gasteiger charge is -2.16. The van der Waals surface area contributed by atoms with Gasteiger partial charge in [0, 0.05) is 29.1 Å². The molecule has 47 heavy (non-hydrogen) atoms. The van der Waals surface area contributed by atoms with Gasteiger partial charge < -0.3 is 21.1 Å². The van der Waals surface area contributed by atoms with Gasteiger partial charge >= 0.3 is 5.97 Å². The van der Waals surface area contributed by atoms with Gasteiger partial charge in [-0.1, -0.05) is 5.04 Å². The molecular weight excluding hydrogens is 711 g/mol. The van der Waals surface area contributed by atoms with Crippen molar-refractivity contribution in [1.82, 2.24) is 19.7 Å². The highest BCUT2D eigenvalue weighted by atomic mass is 32.2. The fourth-order valence-corrected chi connectivity index (χ4v) is 5.95. The third-order valence-electron chi connectivity index (χ3n) is 5.76. The van der Waals surface area contributed by atoms with Crippen molar-refractivity contribution in [3.8, 4) is 0 Å². The first kappa shape index (κ1) is 35.8. The van der Waals surface area contributed by atoms with Crippen molar-refractivity contribution in [3.05, 3.63) is 54.1 Å². The Kier molecular flexibility index (Phi) is 11.6. The summed E-state index contributed by atoms with van der Waals surface area (Å²) < 4.78 is 90.8. The number of anilines is 5. The van der Waals surface area contributed by atoms with E-state index in [1.165, 1.54) is 31.4 Å². The Hall–Kier alpha value is -4.08. The molecule has 0 amide bonds. The highest BCUT2D eigenvalue weighted by molar-refractivity contribution is 7.94. The number of rotatable bonds is 16. The number of carboxylic acids is 1. The summed E-state index contributed by atoms with van der Waals surface area (Å²) in [4.78, 5) is 22.5. The van der Waals surface area contributed by atoms with Crippen molar-refractivity contribution < 1.29 is 58.9 Å². The number of aromatic carboxylic acids is 1. The van der Waals surface area contributed by atoms with Gasteiger partial charge in [-0.3, -0.25) is 13.3 Å². The van der Waals surface area contributed by atoms with Gasteiger partial charge in [0.15, 0.2) is 0 Å². The summed E-state index contributed by atoms with van der Waals surface area (Å²) in [6, 6.07) is 9.28. The number of carboxylic acid groups (broad SMARTS) is 1. The van der Waals surface area contributed by atoms with E-state index in [-0.39, 0.29) is 69.9 Å². The molecule has 0 aliphatic carbocycles. The Bertz CT molecular complexity index is 2030. The second kappa shape index (κ2) is 15.2. The number of nitrogens with one attached hydrogen (secondary N) is 4. The minimum Gasteiger partial charge on any atom is -0.478 e. The Morgan fingerprint density at radius 3 is 2.06 bits per heavy atom. The zero-order valence-electron chi connectivity index (χ0n) is 23.5. The van der Waals surface area contributed by atoms with Crippen LogP contribution < -0.4 is 20.7 Å². The van der Waals surface area contributed by atoms with Crippen molar-refractivity contribution >= 4 is 89.5 Å². The minimum absolute atomic E-state index is 0.0175. The Balaban J connectivity index is 1.83. The van der Waals surface area contributed by atoms with Crippen molar-refractivity contribution in [3.63, 3.8) is 0 Å². The van der Waals surface area contributed by atoms with Crippen molar-refractivity contribution in [2.24, 2.45) is 0 Å². The third-order valence-corrected chi connectivity index (χ3v) is 8.79. The first-order valence-corrected chi connectivity index (χ1v) is 17.2. The molecule has 0 saturated carbocycles. The predicted octanol–water partition coefficient (Wildman–Crippen LogP) is 2.36. The summed E-state index contributed by atoms with van der Waals surface area (Å²) in [5.74, 6) is -1.55. The monoisotopic (exact) mass is 733 g/mol. The van der Waals surface area contributed by atoms with Crippen LogP contribution in [0.5, 0.6) is 0 Å². The van der Waals surface area contributed by atoms with Crippen LogP contribution in [0, 0.1) is 0 Å². The molecule has 0 saturated heterocycles. The molecule has 0 spiro atoms. The molecule has 20 nitrogen and oxygen atoms in total. The summed E-state index contributed by atoms with van der Waals surface area (Å²) in [6.07, 6.45) is 0. The molecular formula is C23H23N7O13S4. The van der Waals surface area contributed by atoms with E-state index < -0.39 is 47.3 Å². The van der Waals surface area contributed by atoms with E-state index in [9.17, 15) is 40.1 Å². The fraction of sp³-hybridized carbons (Fsp3) is 0.130. The lowest BCUT2D eigenvalue weighted by Crippen LogP contribution is -2.25. The molecule has 1 heterocycles. The number of nitrogens with zero attached hydrogens (tertiary/aromatic N) is 3. The van der Waals surface area contributed by atoms with E-state index in [0.29, 0.717) is 5.69 Å². The maximum Gasteiger partial charge on any atom is 0.335 e. The molecule has 0 fully saturated rings. The van der Waals surface area contributed by atoms with Crippen LogP contribution >= 0.6 is 12.0 Å². The van der Waals surface area contributed by atoms with Gasteiger partial charge in [-0.2, -0.15) is 31.8 Å². The van der Waals surface area contributed by atoms with Gasteiger partial charge in [0.25, 0.3) is 20.2 Å². The normalized spacial score (nSPS) is 12.5. The van der Waals surface area contributed by atoms with Crippen molar-refractivity contribution in [2.45, 2.75) is 14.7 Å². The quantitative estimate of drug-likeness (QED) is 0.0269. The van der Waals surface area contributed by atoms with Crippen LogP contribution in [0.25, 0.3) is 10.8 Å². The molecule has 8 N–H and O–H groups in total. The molecule has 1 unspecified atom stereocenters. The second-order valence-electron chi connectivity index (χ2n) is 8.83. The zero-order valence-corrected chi connectivity index (χ0v) is 26.7. The molecule has 0 aliphatic heterocycles. The van der Waals surface area contributed by atoms with Crippen LogP contribution in [0.15, 0.2) is 63.2 Å². The Morgan fingerprint density at radius 1 is 0.894 bits per heavy atom. The second-order valence-corrected chi connectivity index (χ2v) is 13.5. The number of benzene rings is 3. The van der Waals surface area contributed by atoms with Gasteiger partial charge in [-0.15, -0.1) is 4.33 Å². The Labute approximate surface area is 272 Å². The van der Waals surface area contributed by atoms with E-state index >= 15 is 0 Å². The maximum atomic E-state index is 12.2. The molecule has 4 rings (SSSR count). The molecule has 3 aromatic carbocycles. The molecule has 1 atom stereocenters. The SMILES string of the molecule is COS(=O)NCCNc1nc(Nc2ccc(C(=O)O)cc2)nc(Nc2cc(S(=O)(=O)O)cc3cc(S(=O)(=O)O)cc(SOOO)c23)n1. The largest absolute Gasteiger partial charge is 0.478 e. The summed E-state index contributed by atoms with van der Waals surface area (Å²) in [6.45, 7) is 0.239. The van der Waals surface area contributed by atoms with Crippen molar-refractivity contribution in [1.29, 1.82) is 0 Å². The molecule has 0 aliphatic rings. The van der Waals surface area contributed by atoms with Gasteiger partial charge in [0.2, 0.25) is 29.1 Å². The Morgan fingerprint density at radius 2 is 1.49 bits per heavy atom. The van der Waals surface area contributed by atoms with Gasteiger partial charge in [-0.05, 0) is 53.9 Å². The lowest BCUT2D eigenvalue weighted by atomic mass is 10.1. The van der Waals surface area contributed by atoms with E-state index in [4.69, 9.17) is 5.26 Å². The summed E-state index contributed by atoms with van der Waals surface area (Å²) >= 11 is -1.47. The van der Waals surface area contributed by atoms with Crippen LogP contribution in [-0.2, 0) is 45.1 Å². The third kappa shape index (κ3) is 9.72. The van der Waals surface area contributed by atoms with Crippen LogP contribution in [0.3, 0.4) is 0 Å². The van der Waals surface area contributed by atoms with Crippen LogP contribution in [0.4, 0.5) is 29.2 Å². The zero-order chi connectivity index (χ0) is 34.4. The summed E-state index contributed by atoms with van der Waals surface area (Å²) in [5.41, 5.74) is 0.239. The maximum absolute atomic E-state index is 12.2. The van der Waals surface area contributed by atoms with E-state index in [1.54, 1.807) is 0 Å². The standard InChI is InChI=1S/C23H23N7O13S4/c1-41-45(34)25-7-6-24-21-28-22(26-14-4-2-12(3-5-14)20(31)32)30-23(29-21)27-17-10-15(46(35,36)37)8-13-9-16(47(38,39)40)11-18(19(13)17)44-43-42-33/h2-5,8-11,25,33H,6-7H2,1H3,(H,31,32)(H,35,36,37)(H,38,39,40)(H3,24,26,27,28,29,30). The molecule has 4 aromatic rings. The molecule has 252 valence electrons. The average Bonchev–Trinajstić information content (AvgIpc) is 3.00. The number of carbonyl (C=O) groups is 1. The van der Waals surface area contributed by atoms with E-state index in [2.05, 4.69) is 49.2 Å². The van der Waals surface area contributed by atoms with Gasteiger partial charge in [0.1, 0.15) is 0 Å². The van der Waals surface area contributed by atoms with Crippen LogP contribution in [0.1, 0.15) is 10.4 Å². The van der Waals surface area contributed by atoms with Crippen LogP contribution in [-0.4, -0.2) is 81.6 Å². The van der Waals surface area contributed by atoms with Crippen molar-refractivity contribution in [2.75, 3.05) is 36.1 Å². The number of hydrogen-bond donors (Lipinski definition) is 8. The minimum atomic E-state index is -4.89. The first-order valence-electron chi connectivity index (χ1n) is 12.5. The molecule has 0 radical (unpaired) electrons. The smallest absolute Gasteiger partial charge is 0.335 e. The number of fused-ring (bicyclic) bond motifs is 1. The van der Waals surface area contributed by atoms with Crippen LogP contribution in [0.2, 0.25) is 0 Å². The summed E-state index contributed by atoms with van der Waals surface area (Å²) in [5, 5.41) is 29.9. The fourth-order valence-electron chi connectivity index (χ4n) is 3.82. The average molecular weight is 734 g/mol.